The maximum atomic E-state index is 3.57. The summed E-state index contributed by atoms with van der Waals surface area (Å²) in [5, 5.41) is 4.94. The number of H-pyrrole nitrogens is 1. The average Bonchev–Trinajstić information content (AvgIpc) is 2.52. The number of fused-ring (bicyclic) bond motifs is 3. The van der Waals surface area contributed by atoms with Gasteiger partial charge in [0, 0.05) is 35.1 Å². The van der Waals surface area contributed by atoms with Crippen molar-refractivity contribution in [1.29, 1.82) is 0 Å². The number of para-hydroxylation sites is 1. The number of hydrogen-bond donors (Lipinski definition) is 2. The van der Waals surface area contributed by atoms with Gasteiger partial charge in [0.2, 0.25) is 0 Å². The fraction of sp³-hybridized carbons (Fsp3) is 0.385. The summed E-state index contributed by atoms with van der Waals surface area (Å²) in [6.07, 6.45) is 1.08. The number of rotatable bonds is 0. The Morgan fingerprint density at radius 1 is 1.20 bits per heavy atom. The Morgan fingerprint density at radius 2 is 2.00 bits per heavy atom. The summed E-state index contributed by atoms with van der Waals surface area (Å²) in [5.41, 5.74) is 4.33. The van der Waals surface area contributed by atoms with Crippen LogP contribution in [0.3, 0.4) is 0 Å². The predicted molar refractivity (Wildman–Crippen MR) is 62.9 cm³/mol. The highest BCUT2D eigenvalue weighted by Gasteiger charge is 2.26. The lowest BCUT2D eigenvalue weighted by atomic mass is 9.91. The van der Waals surface area contributed by atoms with Crippen LogP contribution in [0, 0.1) is 0 Å². The maximum absolute atomic E-state index is 3.57. The second-order valence-corrected chi connectivity index (χ2v) is 5.04. The molecule has 0 radical (unpaired) electrons. The molecular weight excluding hydrogens is 184 g/mol. The number of aromatic nitrogens is 1. The zero-order valence-electron chi connectivity index (χ0n) is 9.22. The van der Waals surface area contributed by atoms with Gasteiger partial charge >= 0.3 is 0 Å². The van der Waals surface area contributed by atoms with Gasteiger partial charge in [-0.1, -0.05) is 18.2 Å². The van der Waals surface area contributed by atoms with Gasteiger partial charge in [0.15, 0.2) is 0 Å². The van der Waals surface area contributed by atoms with E-state index in [0.29, 0.717) is 0 Å². The van der Waals surface area contributed by atoms with Crippen LogP contribution < -0.4 is 5.32 Å². The molecule has 0 fully saturated rings. The van der Waals surface area contributed by atoms with E-state index in [4.69, 9.17) is 0 Å². The number of hydrogen-bond acceptors (Lipinski definition) is 1. The van der Waals surface area contributed by atoms with Crippen molar-refractivity contribution in [1.82, 2.24) is 10.3 Å². The van der Waals surface area contributed by atoms with E-state index in [1.165, 1.54) is 22.2 Å². The van der Waals surface area contributed by atoms with Crippen LogP contribution in [0.1, 0.15) is 25.1 Å². The first-order valence-corrected chi connectivity index (χ1v) is 5.49. The summed E-state index contributed by atoms with van der Waals surface area (Å²) >= 11 is 0. The summed E-state index contributed by atoms with van der Waals surface area (Å²) in [4.78, 5) is 3.53. The van der Waals surface area contributed by atoms with E-state index in [0.717, 1.165) is 13.0 Å². The summed E-state index contributed by atoms with van der Waals surface area (Å²) in [5.74, 6) is 0. The van der Waals surface area contributed by atoms with E-state index in [2.05, 4.69) is 48.4 Å². The minimum absolute atomic E-state index is 0.216. The van der Waals surface area contributed by atoms with Gasteiger partial charge in [-0.15, -0.1) is 0 Å². The van der Waals surface area contributed by atoms with Gasteiger partial charge in [-0.2, -0.15) is 0 Å². The predicted octanol–water partition coefficient (Wildman–Crippen LogP) is 2.59. The third-order valence-corrected chi connectivity index (χ3v) is 3.26. The fourth-order valence-corrected chi connectivity index (χ4v) is 2.44. The SMILES string of the molecule is CC1(C)Cc2[nH]c3ccccc3c2CN1. The molecule has 1 aromatic heterocycles. The van der Waals surface area contributed by atoms with Crippen molar-refractivity contribution in [2.24, 2.45) is 0 Å². The van der Waals surface area contributed by atoms with E-state index in [-0.39, 0.29) is 5.54 Å². The number of benzene rings is 1. The van der Waals surface area contributed by atoms with Gasteiger partial charge in [0.05, 0.1) is 0 Å². The van der Waals surface area contributed by atoms with E-state index in [9.17, 15) is 0 Å². The monoisotopic (exact) mass is 200 g/mol. The summed E-state index contributed by atoms with van der Waals surface area (Å²) in [7, 11) is 0. The van der Waals surface area contributed by atoms with Crippen molar-refractivity contribution < 1.29 is 0 Å². The van der Waals surface area contributed by atoms with Crippen molar-refractivity contribution in [2.75, 3.05) is 0 Å². The Bertz CT molecular complexity index is 508. The largest absolute Gasteiger partial charge is 0.358 e. The first-order chi connectivity index (χ1) is 7.16. The second-order valence-electron chi connectivity index (χ2n) is 5.04. The Hall–Kier alpha value is -1.28. The minimum Gasteiger partial charge on any atom is -0.358 e. The Balaban J connectivity index is 2.20. The highest BCUT2D eigenvalue weighted by atomic mass is 15.0. The third kappa shape index (κ3) is 1.37. The van der Waals surface area contributed by atoms with Crippen LogP contribution in [0.15, 0.2) is 24.3 Å². The van der Waals surface area contributed by atoms with Crippen molar-refractivity contribution >= 4 is 10.9 Å². The molecule has 0 atom stereocenters. The molecule has 0 spiro atoms. The van der Waals surface area contributed by atoms with Crippen molar-refractivity contribution in [3.05, 3.63) is 35.5 Å². The van der Waals surface area contributed by atoms with Crippen LogP contribution in [-0.2, 0) is 13.0 Å². The molecule has 2 aromatic rings. The van der Waals surface area contributed by atoms with E-state index < -0.39 is 0 Å². The van der Waals surface area contributed by atoms with Crippen LogP contribution in [0.2, 0.25) is 0 Å². The van der Waals surface area contributed by atoms with Crippen molar-refractivity contribution in [2.45, 2.75) is 32.4 Å². The average molecular weight is 200 g/mol. The third-order valence-electron chi connectivity index (χ3n) is 3.26. The lowest BCUT2D eigenvalue weighted by Gasteiger charge is -2.31. The summed E-state index contributed by atoms with van der Waals surface area (Å²) in [6.45, 7) is 5.48. The van der Waals surface area contributed by atoms with Gasteiger partial charge < -0.3 is 10.3 Å². The first kappa shape index (κ1) is 8.98. The molecule has 0 saturated heterocycles. The summed E-state index contributed by atoms with van der Waals surface area (Å²) in [6, 6.07) is 8.55. The molecule has 0 saturated carbocycles. The molecule has 1 aliphatic rings. The molecule has 1 aliphatic heterocycles. The first-order valence-electron chi connectivity index (χ1n) is 5.49. The van der Waals surface area contributed by atoms with Gasteiger partial charge in [-0.25, -0.2) is 0 Å². The van der Waals surface area contributed by atoms with E-state index in [1.807, 2.05) is 0 Å². The topological polar surface area (TPSA) is 27.8 Å². The molecular formula is C13H16N2. The number of aromatic amines is 1. The van der Waals surface area contributed by atoms with Crippen LogP contribution in [0.4, 0.5) is 0 Å². The zero-order valence-corrected chi connectivity index (χ0v) is 9.22. The molecule has 2 heterocycles. The van der Waals surface area contributed by atoms with Gasteiger partial charge in [0.25, 0.3) is 0 Å². The van der Waals surface area contributed by atoms with Gasteiger partial charge in [0.1, 0.15) is 0 Å². The number of nitrogens with one attached hydrogen (secondary N) is 2. The molecule has 1 aromatic carbocycles. The molecule has 0 aliphatic carbocycles. The quantitative estimate of drug-likeness (QED) is 0.672. The van der Waals surface area contributed by atoms with Crippen LogP contribution >= 0.6 is 0 Å². The van der Waals surface area contributed by atoms with E-state index >= 15 is 0 Å². The molecule has 2 nitrogen and oxygen atoms in total. The molecule has 15 heavy (non-hydrogen) atoms. The molecule has 2 heteroatoms. The van der Waals surface area contributed by atoms with Gasteiger partial charge in [-0.05, 0) is 25.5 Å². The smallest absolute Gasteiger partial charge is 0.0459 e. The van der Waals surface area contributed by atoms with E-state index in [1.54, 1.807) is 0 Å². The molecule has 0 unspecified atom stereocenters. The Labute approximate surface area is 89.7 Å². The van der Waals surface area contributed by atoms with Crippen molar-refractivity contribution in [3.63, 3.8) is 0 Å². The highest BCUT2D eigenvalue weighted by molar-refractivity contribution is 5.84. The minimum atomic E-state index is 0.216. The van der Waals surface area contributed by atoms with Crippen LogP contribution in [0.5, 0.6) is 0 Å². The summed E-state index contributed by atoms with van der Waals surface area (Å²) < 4.78 is 0. The molecule has 3 rings (SSSR count). The Morgan fingerprint density at radius 3 is 2.87 bits per heavy atom. The molecule has 2 N–H and O–H groups in total. The fourth-order valence-electron chi connectivity index (χ4n) is 2.44. The molecule has 0 bridgehead atoms. The van der Waals surface area contributed by atoms with Crippen molar-refractivity contribution in [3.8, 4) is 0 Å². The highest BCUT2D eigenvalue weighted by Crippen LogP contribution is 2.28. The van der Waals surface area contributed by atoms with Crippen LogP contribution in [-0.4, -0.2) is 10.5 Å². The lowest BCUT2D eigenvalue weighted by molar-refractivity contribution is 0.360. The maximum Gasteiger partial charge on any atom is 0.0459 e. The Kier molecular flexibility index (Phi) is 1.71. The second kappa shape index (κ2) is 2.86. The van der Waals surface area contributed by atoms with Crippen LogP contribution in [0.25, 0.3) is 10.9 Å². The molecule has 78 valence electrons. The lowest BCUT2D eigenvalue weighted by Crippen LogP contribution is -2.44. The molecule has 0 amide bonds. The standard InChI is InChI=1S/C13H16N2/c1-13(2)7-12-10(8-14-13)9-5-3-4-6-11(9)15-12/h3-6,14-15H,7-8H2,1-2H3. The zero-order chi connectivity index (χ0) is 10.5. The normalized spacial score (nSPS) is 19.1. The van der Waals surface area contributed by atoms with Gasteiger partial charge in [-0.3, -0.25) is 0 Å².